The Morgan fingerprint density at radius 1 is 1.26 bits per heavy atom. The summed E-state index contributed by atoms with van der Waals surface area (Å²) in [4.78, 5) is 16.7. The average Bonchev–Trinajstić information content (AvgIpc) is 3.27. The lowest BCUT2D eigenvalue weighted by atomic mass is 10.3. The number of nitrogens with one attached hydrogen (secondary N) is 2. The van der Waals surface area contributed by atoms with Crippen LogP contribution in [-0.4, -0.2) is 40.7 Å². The van der Waals surface area contributed by atoms with Crippen LogP contribution in [0, 0.1) is 0 Å². The number of hydrogen-bond acceptors (Lipinski definition) is 5. The number of amides is 1. The van der Waals surface area contributed by atoms with Crippen LogP contribution in [-0.2, 0) is 30.0 Å². The zero-order valence-corrected chi connectivity index (χ0v) is 15.8. The van der Waals surface area contributed by atoms with Crippen molar-refractivity contribution < 1.29 is 13.2 Å². The third kappa shape index (κ3) is 4.41. The number of aromatic nitrogens is 4. The molecule has 0 unspecified atom stereocenters. The van der Waals surface area contributed by atoms with Crippen LogP contribution in [0.25, 0.3) is 0 Å². The van der Waals surface area contributed by atoms with Crippen LogP contribution in [0.4, 0.5) is 5.82 Å². The van der Waals surface area contributed by atoms with E-state index in [1.807, 2.05) is 18.2 Å². The summed E-state index contributed by atoms with van der Waals surface area (Å²) in [7, 11) is -0.687. The second-order valence-corrected chi connectivity index (χ2v) is 7.76. The number of sulfonamides is 1. The zero-order chi connectivity index (χ0) is 19.4. The molecule has 1 amide bonds. The summed E-state index contributed by atoms with van der Waals surface area (Å²) in [6.07, 6.45) is 5.61. The lowest BCUT2D eigenvalue weighted by Crippen LogP contribution is -2.18. The van der Waals surface area contributed by atoms with Crippen LogP contribution in [0.5, 0.6) is 0 Å². The minimum Gasteiger partial charge on any atom is -0.345 e. The predicted molar refractivity (Wildman–Crippen MR) is 99.8 cm³/mol. The van der Waals surface area contributed by atoms with Gasteiger partial charge in [0.2, 0.25) is 10.0 Å². The third-order valence-electron chi connectivity index (χ3n) is 4.00. The first-order chi connectivity index (χ1) is 12.9. The van der Waals surface area contributed by atoms with Crippen molar-refractivity contribution in [1.29, 1.82) is 0 Å². The Labute approximate surface area is 157 Å². The molecule has 142 valence electrons. The van der Waals surface area contributed by atoms with Gasteiger partial charge in [0.1, 0.15) is 10.6 Å². The Bertz CT molecular complexity index is 1040. The monoisotopic (exact) mass is 388 g/mol. The Morgan fingerprint density at radius 3 is 2.78 bits per heavy atom. The van der Waals surface area contributed by atoms with Gasteiger partial charge < -0.3 is 9.88 Å². The van der Waals surface area contributed by atoms with Crippen molar-refractivity contribution in [2.75, 3.05) is 12.4 Å². The Morgan fingerprint density at radius 2 is 2.07 bits per heavy atom. The van der Waals surface area contributed by atoms with Gasteiger partial charge in [-0.15, -0.1) is 0 Å². The van der Waals surface area contributed by atoms with E-state index in [1.54, 1.807) is 30.2 Å². The topological polar surface area (TPSA) is 111 Å². The molecule has 0 aliphatic heterocycles. The summed E-state index contributed by atoms with van der Waals surface area (Å²) in [5.41, 5.74) is 1.17. The molecule has 0 bridgehead atoms. The maximum absolute atomic E-state index is 12.4. The quantitative estimate of drug-likeness (QED) is 0.628. The first-order valence-corrected chi connectivity index (χ1v) is 9.72. The van der Waals surface area contributed by atoms with Crippen LogP contribution in [0.2, 0.25) is 0 Å². The molecule has 10 heteroatoms. The summed E-state index contributed by atoms with van der Waals surface area (Å²) in [6.45, 7) is 0.627. The van der Waals surface area contributed by atoms with Gasteiger partial charge in [0.15, 0.2) is 5.82 Å². The second-order valence-electron chi connectivity index (χ2n) is 5.87. The molecule has 0 atom stereocenters. The van der Waals surface area contributed by atoms with Crippen LogP contribution < -0.4 is 10.0 Å². The molecule has 0 radical (unpaired) electrons. The van der Waals surface area contributed by atoms with E-state index >= 15 is 0 Å². The summed E-state index contributed by atoms with van der Waals surface area (Å²) in [5, 5.41) is 6.99. The van der Waals surface area contributed by atoms with Crippen molar-refractivity contribution in [3.63, 3.8) is 0 Å². The molecule has 27 heavy (non-hydrogen) atoms. The van der Waals surface area contributed by atoms with Gasteiger partial charge in [0, 0.05) is 50.4 Å². The molecular weight excluding hydrogens is 368 g/mol. The van der Waals surface area contributed by atoms with Crippen molar-refractivity contribution in [2.24, 2.45) is 7.05 Å². The van der Waals surface area contributed by atoms with Crippen LogP contribution in [0.3, 0.4) is 0 Å². The molecule has 0 saturated carbocycles. The van der Waals surface area contributed by atoms with E-state index in [4.69, 9.17) is 0 Å². The Kier molecular flexibility index (Phi) is 5.38. The van der Waals surface area contributed by atoms with E-state index in [-0.39, 0.29) is 10.6 Å². The number of nitrogens with zero attached hydrogens (tertiary/aromatic N) is 4. The number of hydrogen-bond donors (Lipinski definition) is 2. The highest BCUT2D eigenvalue weighted by Gasteiger charge is 2.19. The van der Waals surface area contributed by atoms with Gasteiger partial charge in [0.25, 0.3) is 5.91 Å². The first-order valence-electron chi connectivity index (χ1n) is 8.23. The number of rotatable bonds is 7. The molecule has 0 saturated heterocycles. The molecule has 9 nitrogen and oxygen atoms in total. The van der Waals surface area contributed by atoms with Gasteiger partial charge in [-0.3, -0.25) is 14.5 Å². The van der Waals surface area contributed by atoms with Crippen LogP contribution in [0.15, 0.2) is 53.8 Å². The van der Waals surface area contributed by atoms with Crippen molar-refractivity contribution in [2.45, 2.75) is 17.9 Å². The van der Waals surface area contributed by atoms with E-state index < -0.39 is 15.9 Å². The van der Waals surface area contributed by atoms with Gasteiger partial charge in [-0.2, -0.15) is 5.10 Å². The highest BCUT2D eigenvalue weighted by atomic mass is 32.2. The molecule has 3 aromatic heterocycles. The largest absolute Gasteiger partial charge is 0.345 e. The van der Waals surface area contributed by atoms with Crippen molar-refractivity contribution in [3.05, 3.63) is 60.3 Å². The van der Waals surface area contributed by atoms with E-state index in [9.17, 15) is 13.2 Å². The number of aryl methyl sites for hydroxylation is 3. The van der Waals surface area contributed by atoms with Crippen LogP contribution >= 0.6 is 0 Å². The normalized spacial score (nSPS) is 11.5. The highest BCUT2D eigenvalue weighted by molar-refractivity contribution is 7.89. The molecular formula is C17H20N6O3S. The molecule has 0 spiro atoms. The minimum absolute atomic E-state index is 0.0264. The van der Waals surface area contributed by atoms with Gasteiger partial charge in [0.05, 0.1) is 0 Å². The summed E-state index contributed by atoms with van der Waals surface area (Å²) >= 11 is 0. The molecule has 0 aliphatic rings. The fourth-order valence-electron chi connectivity index (χ4n) is 2.53. The van der Waals surface area contributed by atoms with Gasteiger partial charge in [-0.25, -0.2) is 13.1 Å². The standard InChI is InChI=1S/C17H20N6O3S/c1-18-27(25,26)14-11-15(22(2)12-14)17(24)20-16-7-10-23(21-16)9-6-13-5-3-4-8-19-13/h3-5,7-8,10-12,18H,6,9H2,1-2H3,(H,20,21,24). The van der Waals surface area contributed by atoms with E-state index in [0.717, 1.165) is 12.1 Å². The van der Waals surface area contributed by atoms with E-state index in [2.05, 4.69) is 20.1 Å². The van der Waals surface area contributed by atoms with E-state index in [1.165, 1.54) is 23.9 Å². The molecule has 0 aliphatic carbocycles. The molecule has 3 heterocycles. The summed E-state index contributed by atoms with van der Waals surface area (Å²) in [6, 6.07) is 8.74. The van der Waals surface area contributed by atoms with Gasteiger partial charge in [-0.1, -0.05) is 6.07 Å². The summed E-state index contributed by atoms with van der Waals surface area (Å²) < 4.78 is 29.1. The van der Waals surface area contributed by atoms with Gasteiger partial charge in [-0.05, 0) is 25.2 Å². The Hall–Kier alpha value is -2.98. The zero-order valence-electron chi connectivity index (χ0n) is 15.0. The maximum Gasteiger partial charge on any atom is 0.273 e. The SMILES string of the molecule is CNS(=O)(=O)c1cc(C(=O)Nc2ccn(CCc3ccccn3)n2)n(C)c1. The lowest BCUT2D eigenvalue weighted by molar-refractivity contribution is 0.101. The average molecular weight is 388 g/mol. The summed E-state index contributed by atoms with van der Waals surface area (Å²) in [5.74, 6) is -0.0507. The van der Waals surface area contributed by atoms with E-state index in [0.29, 0.717) is 12.4 Å². The fraction of sp³-hybridized carbons (Fsp3) is 0.235. The maximum atomic E-state index is 12.4. The third-order valence-corrected chi connectivity index (χ3v) is 5.38. The Balaban J connectivity index is 1.66. The fourth-order valence-corrected chi connectivity index (χ4v) is 3.33. The predicted octanol–water partition coefficient (Wildman–Crippen LogP) is 1.02. The first kappa shape index (κ1) is 18.8. The van der Waals surface area contributed by atoms with Crippen molar-refractivity contribution >= 4 is 21.7 Å². The molecule has 0 aromatic carbocycles. The molecule has 0 fully saturated rings. The lowest BCUT2D eigenvalue weighted by Gasteiger charge is -2.03. The smallest absolute Gasteiger partial charge is 0.273 e. The number of carbonyl (C=O) groups excluding carboxylic acids is 1. The highest BCUT2D eigenvalue weighted by Crippen LogP contribution is 2.15. The number of anilines is 1. The van der Waals surface area contributed by atoms with Gasteiger partial charge >= 0.3 is 0 Å². The number of carbonyl (C=O) groups is 1. The molecule has 3 aromatic rings. The number of pyridine rings is 1. The van der Waals surface area contributed by atoms with Crippen molar-refractivity contribution in [1.82, 2.24) is 24.1 Å². The van der Waals surface area contributed by atoms with Crippen LogP contribution in [0.1, 0.15) is 16.2 Å². The minimum atomic E-state index is -3.61. The molecule has 3 rings (SSSR count). The molecule has 2 N–H and O–H groups in total. The van der Waals surface area contributed by atoms with Crippen molar-refractivity contribution in [3.8, 4) is 0 Å². The second kappa shape index (κ2) is 7.72.